The zero-order valence-electron chi connectivity index (χ0n) is 19.3. The van der Waals surface area contributed by atoms with Gasteiger partial charge in [0, 0.05) is 17.7 Å². The second kappa shape index (κ2) is 11.1. The quantitative estimate of drug-likeness (QED) is 0.297. The monoisotopic (exact) mass is 453 g/mol. The van der Waals surface area contributed by atoms with Crippen LogP contribution in [0.3, 0.4) is 0 Å². The summed E-state index contributed by atoms with van der Waals surface area (Å²) in [5, 5.41) is 0. The van der Waals surface area contributed by atoms with Crippen molar-refractivity contribution in [3.63, 3.8) is 0 Å². The van der Waals surface area contributed by atoms with Gasteiger partial charge in [0.15, 0.2) is 11.5 Å². The van der Waals surface area contributed by atoms with Crippen molar-refractivity contribution < 1.29 is 19.0 Å². The van der Waals surface area contributed by atoms with Crippen LogP contribution in [0.15, 0.2) is 103 Å². The molecule has 5 nitrogen and oxygen atoms in total. The lowest BCUT2D eigenvalue weighted by Gasteiger charge is -2.25. The predicted octanol–water partition coefficient (Wildman–Crippen LogP) is 6.34. The van der Waals surface area contributed by atoms with Crippen LogP contribution in [0.4, 0.5) is 0 Å². The summed E-state index contributed by atoms with van der Waals surface area (Å²) in [6, 6.07) is 32.4. The van der Waals surface area contributed by atoms with Gasteiger partial charge >= 0.3 is 0 Å². The molecule has 34 heavy (non-hydrogen) atoms. The summed E-state index contributed by atoms with van der Waals surface area (Å²) >= 11 is 0. The minimum absolute atomic E-state index is 0.0601. The van der Waals surface area contributed by atoms with Gasteiger partial charge in [0.1, 0.15) is 11.5 Å². The minimum atomic E-state index is -0.0601. The average Bonchev–Trinajstić information content (AvgIpc) is 2.90. The lowest BCUT2D eigenvalue weighted by Crippen LogP contribution is -2.30. The Morgan fingerprint density at radius 1 is 0.676 bits per heavy atom. The van der Waals surface area contributed by atoms with E-state index in [1.54, 1.807) is 19.1 Å². The summed E-state index contributed by atoms with van der Waals surface area (Å²) in [5.41, 5.74) is 2.50. The van der Waals surface area contributed by atoms with Gasteiger partial charge in [-0.25, -0.2) is 0 Å². The van der Waals surface area contributed by atoms with E-state index in [2.05, 4.69) is 0 Å². The van der Waals surface area contributed by atoms with E-state index in [1.165, 1.54) is 0 Å². The molecule has 0 unspecified atom stereocenters. The van der Waals surface area contributed by atoms with Crippen LogP contribution < -0.4 is 14.2 Å². The number of hydrogen-bond acceptors (Lipinski definition) is 4. The van der Waals surface area contributed by atoms with E-state index in [4.69, 9.17) is 14.2 Å². The van der Waals surface area contributed by atoms with E-state index in [1.807, 2.05) is 103 Å². The number of rotatable bonds is 9. The van der Waals surface area contributed by atoms with Crippen LogP contribution in [0.25, 0.3) is 0 Å². The van der Waals surface area contributed by atoms with Crippen molar-refractivity contribution in [2.45, 2.75) is 13.1 Å². The summed E-state index contributed by atoms with van der Waals surface area (Å²) in [7, 11) is 3.21. The SMILES string of the molecule is COc1cccc(CN(Cc2ccc(Oc3ccccc3)cc2)C(=O)c2ccccc2)c1OC. The summed E-state index contributed by atoms with van der Waals surface area (Å²) in [6.07, 6.45) is 0. The molecule has 0 aromatic heterocycles. The van der Waals surface area contributed by atoms with Gasteiger partial charge in [-0.15, -0.1) is 0 Å². The third-order valence-electron chi connectivity index (χ3n) is 5.43. The highest BCUT2D eigenvalue weighted by Crippen LogP contribution is 2.32. The molecule has 1 amide bonds. The molecule has 0 radical (unpaired) electrons. The van der Waals surface area contributed by atoms with Gasteiger partial charge in [-0.3, -0.25) is 4.79 Å². The van der Waals surface area contributed by atoms with Crippen LogP contribution in [-0.4, -0.2) is 25.0 Å². The lowest BCUT2D eigenvalue weighted by molar-refractivity contribution is 0.0728. The molecule has 0 bridgehead atoms. The maximum Gasteiger partial charge on any atom is 0.254 e. The highest BCUT2D eigenvalue weighted by molar-refractivity contribution is 5.94. The predicted molar refractivity (Wildman–Crippen MR) is 133 cm³/mol. The van der Waals surface area contributed by atoms with Crippen molar-refractivity contribution in [3.05, 3.63) is 120 Å². The molecular formula is C29H27NO4. The fourth-order valence-corrected chi connectivity index (χ4v) is 3.75. The summed E-state index contributed by atoms with van der Waals surface area (Å²) in [5.74, 6) is 2.72. The Morgan fingerprint density at radius 3 is 1.97 bits per heavy atom. The number of carbonyl (C=O) groups excluding carboxylic acids is 1. The van der Waals surface area contributed by atoms with Crippen molar-refractivity contribution in [2.75, 3.05) is 14.2 Å². The van der Waals surface area contributed by atoms with Gasteiger partial charge in [0.2, 0.25) is 0 Å². The van der Waals surface area contributed by atoms with E-state index in [0.717, 1.165) is 22.6 Å². The second-order valence-electron chi connectivity index (χ2n) is 7.74. The first-order valence-corrected chi connectivity index (χ1v) is 11.0. The number of nitrogens with zero attached hydrogens (tertiary/aromatic N) is 1. The molecule has 4 rings (SSSR count). The van der Waals surface area contributed by atoms with E-state index in [0.29, 0.717) is 30.2 Å². The first-order chi connectivity index (χ1) is 16.7. The number of carbonyl (C=O) groups is 1. The Balaban J connectivity index is 1.58. The normalized spacial score (nSPS) is 10.4. The van der Waals surface area contributed by atoms with Crippen molar-refractivity contribution >= 4 is 5.91 Å². The van der Waals surface area contributed by atoms with E-state index in [-0.39, 0.29) is 5.91 Å². The van der Waals surface area contributed by atoms with E-state index >= 15 is 0 Å². The number of hydrogen-bond donors (Lipinski definition) is 0. The van der Waals surface area contributed by atoms with Gasteiger partial charge in [-0.05, 0) is 48.0 Å². The third kappa shape index (κ3) is 5.56. The molecule has 4 aromatic rings. The molecular weight excluding hydrogens is 426 g/mol. The zero-order valence-corrected chi connectivity index (χ0v) is 19.3. The zero-order chi connectivity index (χ0) is 23.8. The Bertz CT molecular complexity index is 1210. The highest BCUT2D eigenvalue weighted by Gasteiger charge is 2.20. The fourth-order valence-electron chi connectivity index (χ4n) is 3.75. The van der Waals surface area contributed by atoms with Crippen molar-refractivity contribution in [3.8, 4) is 23.0 Å². The standard InChI is InChI=1S/C29H27NO4/c1-32-27-15-9-12-24(28(27)33-2)21-30(29(31)23-10-5-3-6-11-23)20-22-16-18-26(19-17-22)34-25-13-7-4-8-14-25/h3-19H,20-21H2,1-2H3. The molecule has 0 aliphatic carbocycles. The number of para-hydroxylation sites is 2. The van der Waals surface area contributed by atoms with Crippen molar-refractivity contribution in [1.82, 2.24) is 4.90 Å². The number of amides is 1. The highest BCUT2D eigenvalue weighted by atomic mass is 16.5. The topological polar surface area (TPSA) is 48.0 Å². The minimum Gasteiger partial charge on any atom is -0.493 e. The first kappa shape index (κ1) is 22.9. The fraction of sp³-hybridized carbons (Fsp3) is 0.138. The molecule has 0 atom stereocenters. The number of ether oxygens (including phenoxy) is 3. The van der Waals surface area contributed by atoms with Gasteiger partial charge in [-0.2, -0.15) is 0 Å². The van der Waals surface area contributed by atoms with Gasteiger partial charge in [-0.1, -0.05) is 60.7 Å². The molecule has 4 aromatic carbocycles. The van der Waals surface area contributed by atoms with E-state index < -0.39 is 0 Å². The first-order valence-electron chi connectivity index (χ1n) is 11.0. The van der Waals surface area contributed by atoms with Crippen LogP contribution in [0.1, 0.15) is 21.5 Å². The summed E-state index contributed by atoms with van der Waals surface area (Å²) < 4.78 is 16.9. The Labute approximate surface area is 200 Å². The molecule has 0 saturated heterocycles. The van der Waals surface area contributed by atoms with Crippen LogP contribution in [0.5, 0.6) is 23.0 Å². The van der Waals surface area contributed by atoms with E-state index in [9.17, 15) is 4.79 Å². The Morgan fingerprint density at radius 2 is 1.32 bits per heavy atom. The van der Waals surface area contributed by atoms with Crippen LogP contribution >= 0.6 is 0 Å². The molecule has 0 aliphatic heterocycles. The molecule has 172 valence electrons. The van der Waals surface area contributed by atoms with Crippen LogP contribution in [0.2, 0.25) is 0 Å². The Hall–Kier alpha value is -4.25. The maximum absolute atomic E-state index is 13.4. The molecule has 0 saturated carbocycles. The van der Waals surface area contributed by atoms with Crippen LogP contribution in [-0.2, 0) is 13.1 Å². The molecule has 0 N–H and O–H groups in total. The number of benzene rings is 4. The average molecular weight is 454 g/mol. The molecule has 0 fully saturated rings. The van der Waals surface area contributed by atoms with Crippen LogP contribution in [0, 0.1) is 0 Å². The number of methoxy groups -OCH3 is 2. The maximum atomic E-state index is 13.4. The summed E-state index contributed by atoms with van der Waals surface area (Å²) in [6.45, 7) is 0.802. The van der Waals surface area contributed by atoms with Gasteiger partial charge in [0.25, 0.3) is 5.91 Å². The van der Waals surface area contributed by atoms with Crippen molar-refractivity contribution in [2.24, 2.45) is 0 Å². The smallest absolute Gasteiger partial charge is 0.254 e. The second-order valence-corrected chi connectivity index (χ2v) is 7.74. The lowest BCUT2D eigenvalue weighted by atomic mass is 10.1. The largest absolute Gasteiger partial charge is 0.493 e. The van der Waals surface area contributed by atoms with Crippen molar-refractivity contribution in [1.29, 1.82) is 0 Å². The molecule has 5 heteroatoms. The summed E-state index contributed by atoms with van der Waals surface area (Å²) in [4.78, 5) is 15.3. The molecule has 0 spiro atoms. The third-order valence-corrected chi connectivity index (χ3v) is 5.43. The van der Waals surface area contributed by atoms with Gasteiger partial charge in [0.05, 0.1) is 20.8 Å². The molecule has 0 aliphatic rings. The molecule has 0 heterocycles. The Kier molecular flexibility index (Phi) is 7.45. The van der Waals surface area contributed by atoms with Gasteiger partial charge < -0.3 is 19.1 Å².